The molecule has 1 fully saturated rings. The van der Waals surface area contributed by atoms with Crippen molar-refractivity contribution in [3.8, 4) is 0 Å². The van der Waals surface area contributed by atoms with Gasteiger partial charge in [-0.2, -0.15) is 0 Å². The van der Waals surface area contributed by atoms with E-state index in [0.29, 0.717) is 42.8 Å². The maximum atomic E-state index is 14.6. The average Bonchev–Trinajstić information content (AvgIpc) is 2.93. The van der Waals surface area contributed by atoms with Gasteiger partial charge in [-0.05, 0) is 31.9 Å². The zero-order valence-electron chi connectivity index (χ0n) is 12.5. The maximum absolute atomic E-state index is 14.6. The molecule has 1 aliphatic rings. The lowest BCUT2D eigenvalue weighted by molar-refractivity contribution is 0.331. The molecule has 2 heterocycles. The monoisotopic (exact) mass is 305 g/mol. The Hall–Kier alpha value is -2.08. The first-order valence-electron chi connectivity index (χ1n) is 7.20. The Morgan fingerprint density at radius 2 is 2.23 bits per heavy atom. The van der Waals surface area contributed by atoms with Gasteiger partial charge in [-0.15, -0.1) is 0 Å². The minimum Gasteiger partial charge on any atom is -0.317 e. The number of H-pyrrole nitrogens is 1. The molecule has 1 aromatic carbocycles. The van der Waals surface area contributed by atoms with Gasteiger partial charge in [0.05, 0.1) is 11.3 Å². The normalized spacial score (nSPS) is 18.2. The molecule has 116 valence electrons. The van der Waals surface area contributed by atoms with Crippen molar-refractivity contribution in [1.29, 1.82) is 0 Å². The Morgan fingerprint density at radius 1 is 1.45 bits per heavy atom. The Kier molecular flexibility index (Phi) is 3.78. The van der Waals surface area contributed by atoms with E-state index in [1.165, 1.54) is 6.92 Å². The number of fused-ring (bicyclic) bond motifs is 1. The Morgan fingerprint density at radius 3 is 2.91 bits per heavy atom. The second kappa shape index (κ2) is 5.61. The van der Waals surface area contributed by atoms with Crippen LogP contribution < -0.4 is 5.56 Å². The molecular formula is C16H17F2N3O. The molecule has 22 heavy (non-hydrogen) atoms. The fourth-order valence-corrected chi connectivity index (χ4v) is 2.76. The molecule has 0 saturated carbocycles. The van der Waals surface area contributed by atoms with Crippen molar-refractivity contribution >= 4 is 11.0 Å². The lowest BCUT2D eigenvalue weighted by atomic mass is 10.1. The van der Waals surface area contributed by atoms with Crippen molar-refractivity contribution in [3.63, 3.8) is 0 Å². The summed E-state index contributed by atoms with van der Waals surface area (Å²) in [5.74, 6) is -0.609. The number of nitrogens with one attached hydrogen (secondary N) is 1. The van der Waals surface area contributed by atoms with Gasteiger partial charge < -0.3 is 4.98 Å². The van der Waals surface area contributed by atoms with Crippen molar-refractivity contribution in [1.82, 2.24) is 14.9 Å². The van der Waals surface area contributed by atoms with E-state index in [1.807, 2.05) is 4.90 Å². The highest BCUT2D eigenvalue weighted by molar-refractivity contribution is 5.75. The molecule has 1 N–H and O–H groups in total. The predicted molar refractivity (Wildman–Crippen MR) is 80.8 cm³/mol. The van der Waals surface area contributed by atoms with Gasteiger partial charge in [0.25, 0.3) is 5.56 Å². The maximum Gasteiger partial charge on any atom is 0.269 e. The molecule has 0 bridgehead atoms. The molecule has 0 aliphatic carbocycles. The van der Waals surface area contributed by atoms with Crippen LogP contribution in [0.3, 0.4) is 0 Å². The Balaban J connectivity index is 1.92. The number of aromatic amines is 1. The van der Waals surface area contributed by atoms with Crippen molar-refractivity contribution in [3.05, 3.63) is 51.0 Å². The molecule has 0 unspecified atom stereocenters. The van der Waals surface area contributed by atoms with Gasteiger partial charge in [0.15, 0.2) is 5.82 Å². The number of hydrogen-bond donors (Lipinski definition) is 1. The lowest BCUT2D eigenvalue weighted by Gasteiger charge is -2.15. The number of aryl methyl sites for hydroxylation is 1. The molecule has 4 nitrogen and oxygen atoms in total. The number of benzene rings is 1. The predicted octanol–water partition coefficient (Wildman–Crippen LogP) is 2.82. The number of halogens is 2. The van der Waals surface area contributed by atoms with Gasteiger partial charge in [-0.3, -0.25) is 9.69 Å². The van der Waals surface area contributed by atoms with Crippen LogP contribution >= 0.6 is 0 Å². The van der Waals surface area contributed by atoms with Crippen molar-refractivity contribution < 1.29 is 8.78 Å². The Labute approximate surface area is 126 Å². The summed E-state index contributed by atoms with van der Waals surface area (Å²) in [5, 5.41) is 0. The van der Waals surface area contributed by atoms with E-state index in [9.17, 15) is 13.6 Å². The van der Waals surface area contributed by atoms with Crippen LogP contribution in [0.5, 0.6) is 0 Å². The van der Waals surface area contributed by atoms with Crippen LogP contribution in [-0.2, 0) is 6.54 Å². The van der Waals surface area contributed by atoms with Crippen molar-refractivity contribution in [2.75, 3.05) is 13.1 Å². The van der Waals surface area contributed by atoms with Gasteiger partial charge in [0.1, 0.15) is 11.2 Å². The number of allylic oxidation sites excluding steroid dienone is 1. The summed E-state index contributed by atoms with van der Waals surface area (Å²) in [6.07, 6.45) is 0.676. The molecule has 0 amide bonds. The van der Waals surface area contributed by atoms with Crippen LogP contribution in [0, 0.1) is 12.7 Å². The van der Waals surface area contributed by atoms with Crippen LogP contribution in [-0.4, -0.2) is 28.0 Å². The zero-order chi connectivity index (χ0) is 15.9. The third-order valence-corrected chi connectivity index (χ3v) is 4.08. The second-order valence-corrected chi connectivity index (χ2v) is 5.68. The minimum absolute atomic E-state index is 0.129. The van der Waals surface area contributed by atoms with Crippen molar-refractivity contribution in [2.45, 2.75) is 26.8 Å². The highest BCUT2D eigenvalue weighted by Gasteiger charge is 2.20. The van der Waals surface area contributed by atoms with Crippen LogP contribution in [0.15, 0.2) is 28.3 Å². The van der Waals surface area contributed by atoms with E-state index in [4.69, 9.17) is 0 Å². The third kappa shape index (κ3) is 2.66. The number of likely N-dealkylation sites (tertiary alicyclic amines) is 1. The smallest absolute Gasteiger partial charge is 0.269 e. The Bertz CT molecular complexity index is 822. The average molecular weight is 305 g/mol. The molecule has 0 radical (unpaired) electrons. The summed E-state index contributed by atoms with van der Waals surface area (Å²) < 4.78 is 27.8. The largest absolute Gasteiger partial charge is 0.317 e. The van der Waals surface area contributed by atoms with Gasteiger partial charge in [-0.1, -0.05) is 6.07 Å². The summed E-state index contributed by atoms with van der Waals surface area (Å²) in [7, 11) is 0. The van der Waals surface area contributed by atoms with Crippen LogP contribution in [0.25, 0.3) is 11.0 Å². The molecule has 1 aliphatic heterocycles. The lowest BCUT2D eigenvalue weighted by Crippen LogP contribution is -2.20. The van der Waals surface area contributed by atoms with Gasteiger partial charge >= 0.3 is 0 Å². The molecular weight excluding hydrogens is 288 g/mol. The summed E-state index contributed by atoms with van der Waals surface area (Å²) in [4.78, 5) is 20.2. The zero-order valence-corrected chi connectivity index (χ0v) is 12.5. The van der Waals surface area contributed by atoms with Gasteiger partial charge in [-0.25, -0.2) is 13.8 Å². The fourth-order valence-electron chi connectivity index (χ4n) is 2.76. The number of rotatable bonds is 2. The van der Waals surface area contributed by atoms with E-state index in [0.717, 1.165) is 5.57 Å². The van der Waals surface area contributed by atoms with E-state index < -0.39 is 5.82 Å². The number of aromatic nitrogens is 2. The molecule has 0 spiro atoms. The van der Waals surface area contributed by atoms with Crippen molar-refractivity contribution in [2.24, 2.45) is 0 Å². The molecule has 0 atom stereocenters. The van der Waals surface area contributed by atoms with Gasteiger partial charge in [0, 0.05) is 25.2 Å². The molecule has 6 heteroatoms. The SMILES string of the molecule is C/C(F)=C1\CCN(Cc2ccc3nc(C)c(=O)[nH]c3c2F)C1. The summed E-state index contributed by atoms with van der Waals surface area (Å²) >= 11 is 0. The fraction of sp³-hybridized carbons (Fsp3) is 0.375. The molecule has 1 saturated heterocycles. The quantitative estimate of drug-likeness (QED) is 0.928. The van der Waals surface area contributed by atoms with Crippen LogP contribution in [0.1, 0.15) is 24.6 Å². The van der Waals surface area contributed by atoms with Crippen LogP contribution in [0.4, 0.5) is 8.78 Å². The molecule has 3 rings (SSSR count). The highest BCUT2D eigenvalue weighted by atomic mass is 19.1. The first-order chi connectivity index (χ1) is 10.5. The van der Waals surface area contributed by atoms with E-state index >= 15 is 0 Å². The summed E-state index contributed by atoms with van der Waals surface area (Å²) in [6, 6.07) is 3.37. The molecule has 2 aromatic rings. The number of hydrogen-bond acceptors (Lipinski definition) is 3. The first kappa shape index (κ1) is 14.8. The topological polar surface area (TPSA) is 49.0 Å². The van der Waals surface area contributed by atoms with E-state index in [2.05, 4.69) is 9.97 Å². The summed E-state index contributed by atoms with van der Waals surface area (Å²) in [6.45, 7) is 4.64. The second-order valence-electron chi connectivity index (χ2n) is 5.68. The van der Waals surface area contributed by atoms with Gasteiger partial charge in [0.2, 0.25) is 0 Å². The standard InChI is InChI=1S/C16H17F2N3O/c1-9(17)11-5-6-21(7-11)8-12-3-4-13-15(14(12)18)20-16(22)10(2)19-13/h3-4H,5-8H2,1-2H3,(H,20,22)/b11-9-. The molecule has 1 aromatic heterocycles. The first-order valence-corrected chi connectivity index (χ1v) is 7.20. The van der Waals surface area contributed by atoms with Crippen LogP contribution in [0.2, 0.25) is 0 Å². The number of nitrogens with zero attached hydrogens (tertiary/aromatic N) is 2. The van der Waals surface area contributed by atoms with E-state index in [-0.39, 0.29) is 16.9 Å². The summed E-state index contributed by atoms with van der Waals surface area (Å²) in [5.41, 5.74) is 1.73. The third-order valence-electron chi connectivity index (χ3n) is 4.08. The highest BCUT2D eigenvalue weighted by Crippen LogP contribution is 2.24. The minimum atomic E-state index is -0.462. The van der Waals surface area contributed by atoms with E-state index in [1.54, 1.807) is 19.1 Å².